The first-order chi connectivity index (χ1) is 13.4. The lowest BCUT2D eigenvalue weighted by Gasteiger charge is -2.41. The van der Waals surface area contributed by atoms with Crippen molar-refractivity contribution in [3.05, 3.63) is 58.9 Å². The second-order valence-corrected chi connectivity index (χ2v) is 7.22. The molecule has 0 spiro atoms. The third-order valence-electron chi connectivity index (χ3n) is 4.55. The van der Waals surface area contributed by atoms with E-state index >= 15 is 0 Å². The SMILES string of the molecule is Cc1cc(OC[C@@]2(CC(N)=O)CN(C(=O)c3ccccn3)CCO2)ccc1Cl. The first-order valence-corrected chi connectivity index (χ1v) is 9.28. The molecular weight excluding hydrogens is 382 g/mol. The molecule has 0 saturated carbocycles. The van der Waals surface area contributed by atoms with Gasteiger partial charge in [0.1, 0.15) is 23.7 Å². The van der Waals surface area contributed by atoms with E-state index in [9.17, 15) is 9.59 Å². The molecule has 0 aliphatic carbocycles. The second kappa shape index (κ2) is 8.58. The number of carbonyl (C=O) groups is 2. The Kier molecular flexibility index (Phi) is 6.16. The third kappa shape index (κ3) is 4.79. The van der Waals surface area contributed by atoms with Gasteiger partial charge in [-0.05, 0) is 42.8 Å². The van der Waals surface area contributed by atoms with Gasteiger partial charge in [0.05, 0.1) is 19.6 Å². The molecule has 1 saturated heterocycles. The summed E-state index contributed by atoms with van der Waals surface area (Å²) in [5.74, 6) is -0.148. The number of ether oxygens (including phenoxy) is 2. The zero-order valence-electron chi connectivity index (χ0n) is 15.6. The normalized spacial score (nSPS) is 19.3. The minimum atomic E-state index is -1.03. The Balaban J connectivity index is 1.76. The number of amides is 2. The first kappa shape index (κ1) is 20.1. The highest BCUT2D eigenvalue weighted by molar-refractivity contribution is 6.31. The molecule has 1 aliphatic rings. The molecule has 8 heteroatoms. The molecule has 2 amide bonds. The van der Waals surface area contributed by atoms with E-state index in [1.165, 1.54) is 0 Å². The molecule has 2 aromatic rings. The summed E-state index contributed by atoms with van der Waals surface area (Å²) in [7, 11) is 0. The van der Waals surface area contributed by atoms with Gasteiger partial charge in [0.2, 0.25) is 5.91 Å². The number of nitrogens with zero attached hydrogens (tertiary/aromatic N) is 2. The Morgan fingerprint density at radius 3 is 2.86 bits per heavy atom. The van der Waals surface area contributed by atoms with E-state index in [2.05, 4.69) is 4.98 Å². The molecule has 28 heavy (non-hydrogen) atoms. The molecule has 1 aromatic heterocycles. The van der Waals surface area contributed by atoms with Crippen molar-refractivity contribution in [3.63, 3.8) is 0 Å². The average Bonchev–Trinajstić information content (AvgIpc) is 2.69. The number of pyridine rings is 1. The molecule has 0 bridgehead atoms. The van der Waals surface area contributed by atoms with Crippen LogP contribution in [-0.2, 0) is 9.53 Å². The molecule has 1 fully saturated rings. The van der Waals surface area contributed by atoms with Gasteiger partial charge in [-0.1, -0.05) is 17.7 Å². The number of aromatic nitrogens is 1. The topological polar surface area (TPSA) is 94.8 Å². The number of hydrogen-bond donors (Lipinski definition) is 1. The maximum atomic E-state index is 12.8. The number of morpholine rings is 1. The maximum absolute atomic E-state index is 12.8. The highest BCUT2D eigenvalue weighted by atomic mass is 35.5. The summed E-state index contributed by atoms with van der Waals surface area (Å²) in [5.41, 5.74) is 5.63. The maximum Gasteiger partial charge on any atom is 0.272 e. The molecule has 7 nitrogen and oxygen atoms in total. The minimum Gasteiger partial charge on any atom is -0.490 e. The summed E-state index contributed by atoms with van der Waals surface area (Å²) >= 11 is 6.05. The minimum absolute atomic E-state index is 0.0639. The number of carbonyl (C=O) groups excluding carboxylic acids is 2. The first-order valence-electron chi connectivity index (χ1n) is 8.90. The van der Waals surface area contributed by atoms with E-state index in [0.29, 0.717) is 23.0 Å². The van der Waals surface area contributed by atoms with E-state index in [1.807, 2.05) is 6.92 Å². The molecule has 1 aliphatic heterocycles. The zero-order chi connectivity index (χ0) is 20.1. The Morgan fingerprint density at radius 1 is 1.36 bits per heavy atom. The van der Waals surface area contributed by atoms with Crippen molar-refractivity contribution in [1.82, 2.24) is 9.88 Å². The van der Waals surface area contributed by atoms with Gasteiger partial charge in [0.15, 0.2) is 0 Å². The van der Waals surface area contributed by atoms with Gasteiger partial charge < -0.3 is 20.1 Å². The number of nitrogens with two attached hydrogens (primary N) is 1. The molecule has 3 rings (SSSR count). The second-order valence-electron chi connectivity index (χ2n) is 6.82. The fourth-order valence-corrected chi connectivity index (χ4v) is 3.27. The Morgan fingerprint density at radius 2 is 2.18 bits per heavy atom. The quantitative estimate of drug-likeness (QED) is 0.797. The van der Waals surface area contributed by atoms with Gasteiger partial charge in [-0.15, -0.1) is 0 Å². The van der Waals surface area contributed by atoms with Crippen LogP contribution in [0.2, 0.25) is 5.02 Å². The van der Waals surface area contributed by atoms with Crippen molar-refractivity contribution in [2.75, 3.05) is 26.3 Å². The number of hydrogen-bond acceptors (Lipinski definition) is 5. The predicted molar refractivity (Wildman–Crippen MR) is 104 cm³/mol. The highest BCUT2D eigenvalue weighted by Gasteiger charge is 2.41. The molecule has 1 aromatic carbocycles. The van der Waals surface area contributed by atoms with Crippen LogP contribution in [0.5, 0.6) is 5.75 Å². The van der Waals surface area contributed by atoms with Gasteiger partial charge in [0.25, 0.3) is 5.91 Å². The van der Waals surface area contributed by atoms with Crippen molar-refractivity contribution in [1.29, 1.82) is 0 Å². The number of benzene rings is 1. The van der Waals surface area contributed by atoms with Crippen LogP contribution in [0, 0.1) is 6.92 Å². The smallest absolute Gasteiger partial charge is 0.272 e. The van der Waals surface area contributed by atoms with Gasteiger partial charge in [-0.2, -0.15) is 0 Å². The van der Waals surface area contributed by atoms with Gasteiger partial charge in [-0.3, -0.25) is 14.6 Å². The van der Waals surface area contributed by atoms with Crippen molar-refractivity contribution in [3.8, 4) is 5.75 Å². The van der Waals surface area contributed by atoms with E-state index in [0.717, 1.165) is 5.56 Å². The van der Waals surface area contributed by atoms with Crippen LogP contribution in [0.15, 0.2) is 42.6 Å². The summed E-state index contributed by atoms with van der Waals surface area (Å²) in [6.07, 6.45) is 1.50. The predicted octanol–water partition coefficient (Wildman–Crippen LogP) is 2.21. The van der Waals surface area contributed by atoms with Gasteiger partial charge in [0, 0.05) is 17.8 Å². The average molecular weight is 404 g/mol. The number of aryl methyl sites for hydroxylation is 1. The van der Waals surface area contributed by atoms with Crippen LogP contribution in [0.4, 0.5) is 0 Å². The summed E-state index contributed by atoms with van der Waals surface area (Å²) in [5, 5.41) is 0.639. The van der Waals surface area contributed by atoms with Crippen LogP contribution in [0.3, 0.4) is 0 Å². The monoisotopic (exact) mass is 403 g/mol. The molecular formula is C20H22ClN3O4. The number of rotatable bonds is 6. The summed E-state index contributed by atoms with van der Waals surface area (Å²) in [6.45, 7) is 2.80. The van der Waals surface area contributed by atoms with Crippen LogP contribution >= 0.6 is 11.6 Å². The summed E-state index contributed by atoms with van der Waals surface area (Å²) < 4.78 is 11.8. The van der Waals surface area contributed by atoms with Crippen molar-refractivity contribution in [2.45, 2.75) is 18.9 Å². The molecule has 148 valence electrons. The Labute approximate surface area is 168 Å². The van der Waals surface area contributed by atoms with E-state index in [4.69, 9.17) is 26.8 Å². The molecule has 0 radical (unpaired) electrons. The third-order valence-corrected chi connectivity index (χ3v) is 4.97. The standard InChI is InChI=1S/C20H22ClN3O4/c1-14-10-15(5-6-16(14)21)27-13-20(11-18(22)25)12-24(8-9-28-20)19(26)17-4-2-3-7-23-17/h2-7,10H,8-9,11-13H2,1H3,(H2,22,25)/t20-/m1/s1. The van der Waals surface area contributed by atoms with E-state index < -0.39 is 11.5 Å². The fraction of sp³-hybridized carbons (Fsp3) is 0.350. The van der Waals surface area contributed by atoms with Gasteiger partial charge >= 0.3 is 0 Å². The molecule has 0 unspecified atom stereocenters. The van der Waals surface area contributed by atoms with Crippen LogP contribution < -0.4 is 10.5 Å². The molecule has 2 N–H and O–H groups in total. The molecule has 2 heterocycles. The summed E-state index contributed by atoms with van der Waals surface area (Å²) in [4.78, 5) is 30.2. The van der Waals surface area contributed by atoms with E-state index in [-0.39, 0.29) is 32.1 Å². The van der Waals surface area contributed by atoms with Crippen molar-refractivity contribution in [2.24, 2.45) is 5.73 Å². The number of primary amides is 1. The lowest BCUT2D eigenvalue weighted by atomic mass is 9.97. The zero-order valence-corrected chi connectivity index (χ0v) is 16.3. The van der Waals surface area contributed by atoms with Crippen LogP contribution in [-0.4, -0.2) is 53.6 Å². The Bertz CT molecular complexity index is 862. The largest absolute Gasteiger partial charge is 0.490 e. The lowest BCUT2D eigenvalue weighted by molar-refractivity contribution is -0.142. The van der Waals surface area contributed by atoms with Crippen molar-refractivity contribution >= 4 is 23.4 Å². The number of halogens is 1. The lowest BCUT2D eigenvalue weighted by Crippen LogP contribution is -2.58. The molecule has 1 atom stereocenters. The van der Waals surface area contributed by atoms with Crippen LogP contribution in [0.1, 0.15) is 22.5 Å². The fourth-order valence-electron chi connectivity index (χ4n) is 3.15. The van der Waals surface area contributed by atoms with Crippen LogP contribution in [0.25, 0.3) is 0 Å². The summed E-state index contributed by atoms with van der Waals surface area (Å²) in [6, 6.07) is 10.4. The highest BCUT2D eigenvalue weighted by Crippen LogP contribution is 2.27. The van der Waals surface area contributed by atoms with E-state index in [1.54, 1.807) is 47.5 Å². The van der Waals surface area contributed by atoms with Crippen molar-refractivity contribution < 1.29 is 19.1 Å². The Hall–Kier alpha value is -2.64. The van der Waals surface area contributed by atoms with Gasteiger partial charge in [-0.25, -0.2) is 0 Å².